The molecule has 14 nitrogen and oxygen atoms in total. The quantitative estimate of drug-likeness (QED) is 0.110. The Balaban J connectivity index is 1.19. The maximum absolute atomic E-state index is 14.8. The maximum atomic E-state index is 14.8. The number of hydrogen-bond donors (Lipinski definition) is 4. The van der Waals surface area contributed by atoms with Crippen molar-refractivity contribution in [2.45, 2.75) is 117 Å². The number of methoxy groups -OCH3 is 1. The number of ether oxygens (including phenoxy) is 2. The zero-order valence-corrected chi connectivity index (χ0v) is 40.0. The van der Waals surface area contributed by atoms with Crippen molar-refractivity contribution in [2.24, 2.45) is 11.3 Å². The number of nitrogens with zero attached hydrogens (tertiary/aromatic N) is 4. The molecular weight excluding hydrogens is 847 g/mol. The molecule has 8 rings (SSSR count). The number of aromatic nitrogens is 2. The number of phenolic OH excluding ortho intramolecular Hbond substituents is 1. The van der Waals surface area contributed by atoms with E-state index in [1.165, 1.54) is 9.91 Å². The Morgan fingerprint density at radius 2 is 1.82 bits per heavy atom. The number of para-hydroxylation sites is 1. The molecule has 354 valence electrons. The molecule has 2 unspecified atom stereocenters. The number of likely N-dealkylation sites (N-methyl/N-ethyl adjacent to an activating group) is 1. The van der Waals surface area contributed by atoms with E-state index in [-0.39, 0.29) is 36.7 Å². The van der Waals surface area contributed by atoms with Crippen LogP contribution in [0.3, 0.4) is 0 Å². The summed E-state index contributed by atoms with van der Waals surface area (Å²) in [7, 11) is 3.32. The van der Waals surface area contributed by atoms with Gasteiger partial charge >= 0.3 is 5.97 Å². The summed E-state index contributed by atoms with van der Waals surface area (Å²) in [5.74, 6) is -1.91. The second-order valence-corrected chi connectivity index (χ2v) is 19.6. The highest BCUT2D eigenvalue weighted by atomic mass is 16.5. The van der Waals surface area contributed by atoms with Gasteiger partial charge < -0.3 is 34.7 Å². The molecule has 5 heterocycles. The molecule has 3 aliphatic heterocycles. The summed E-state index contributed by atoms with van der Waals surface area (Å²) in [6, 6.07) is 20.1. The van der Waals surface area contributed by atoms with Gasteiger partial charge in [-0.25, -0.2) is 5.43 Å². The van der Waals surface area contributed by atoms with E-state index in [1.54, 1.807) is 32.5 Å². The Kier molecular flexibility index (Phi) is 13.8. The van der Waals surface area contributed by atoms with Gasteiger partial charge in [0, 0.05) is 67.4 Å². The van der Waals surface area contributed by atoms with E-state index in [0.717, 1.165) is 62.2 Å². The summed E-state index contributed by atoms with van der Waals surface area (Å²) in [5.41, 5.74) is 11.7. The lowest BCUT2D eigenvalue weighted by atomic mass is 9.84. The molecule has 5 atom stereocenters. The zero-order valence-electron chi connectivity index (χ0n) is 40.0. The molecule has 3 amide bonds. The van der Waals surface area contributed by atoms with Gasteiger partial charge in [0.2, 0.25) is 11.8 Å². The maximum Gasteiger partial charge on any atom is 0.324 e. The monoisotopic (exact) mass is 911 g/mol. The van der Waals surface area contributed by atoms with Crippen LogP contribution in [0.5, 0.6) is 5.75 Å². The fourth-order valence-corrected chi connectivity index (χ4v) is 10.3. The SMILES string of the molecule is CCn1c(-c2cccnc2[C@H](C)OC)c2c3cc(ccc31)-c1cc(O)cc(c1)C[C@H](NC(=O)C(C(C)C)N(C)C(=O)C1CCc3ccccc3N1)C(=O)N1CCC[C@H](N1)C(=O)OCC(C)(C)C2. The van der Waals surface area contributed by atoms with Crippen LogP contribution in [0.25, 0.3) is 33.3 Å². The van der Waals surface area contributed by atoms with Crippen molar-refractivity contribution < 1.29 is 33.8 Å². The third-order valence-corrected chi connectivity index (χ3v) is 13.7. The number of phenols is 1. The highest BCUT2D eigenvalue weighted by Crippen LogP contribution is 2.42. The van der Waals surface area contributed by atoms with Gasteiger partial charge in [-0.3, -0.25) is 29.2 Å². The molecule has 0 aliphatic carbocycles. The molecule has 67 heavy (non-hydrogen) atoms. The number of esters is 1. The van der Waals surface area contributed by atoms with Crippen molar-refractivity contribution in [1.82, 2.24) is 30.2 Å². The molecule has 1 fully saturated rings. The molecular formula is C53H65N7O7. The standard InChI is InChI=1S/C53H65N7O7/c1-9-59-45-21-19-35-28-39(45)40(48(59)38-15-12-22-54-46(38)32(4)66-8)29-53(5,6)30-67-52(65)43-17-13-23-60(57-43)51(64)44(26-33-24-36(35)27-37(61)25-33)56-49(62)47(31(2)3)58(7)50(63)42-20-18-34-14-10-11-16-41(34)55-42/h10-12,14-16,19,21-22,24-25,27-28,31-32,42-44,47,55,57,61H,9,13,17-18,20,23,26,29-30H2,1-8H3,(H,56,62)/t32-,42?,43-,44-,47?/m0/s1. The Bertz CT molecular complexity index is 2670. The van der Waals surface area contributed by atoms with Gasteiger partial charge in [-0.1, -0.05) is 58.0 Å². The van der Waals surface area contributed by atoms with Crippen LogP contribution < -0.4 is 16.1 Å². The third-order valence-electron chi connectivity index (χ3n) is 13.7. The number of benzene rings is 3. The van der Waals surface area contributed by atoms with E-state index in [1.807, 2.05) is 63.2 Å². The lowest BCUT2D eigenvalue weighted by Gasteiger charge is -2.37. The number of cyclic esters (lactones) is 1. The summed E-state index contributed by atoms with van der Waals surface area (Å²) in [4.78, 5) is 63.7. The normalized spacial score (nSPS) is 20.6. The van der Waals surface area contributed by atoms with E-state index in [4.69, 9.17) is 14.5 Å². The van der Waals surface area contributed by atoms with Crippen LogP contribution in [0, 0.1) is 11.3 Å². The van der Waals surface area contributed by atoms with Gasteiger partial charge in [0.25, 0.3) is 5.91 Å². The molecule has 6 bridgehead atoms. The number of anilines is 1. The van der Waals surface area contributed by atoms with Gasteiger partial charge in [0.15, 0.2) is 0 Å². The third kappa shape index (κ3) is 9.78. The molecule has 5 aromatic rings. The van der Waals surface area contributed by atoms with Crippen molar-refractivity contribution in [2.75, 3.05) is 32.6 Å². The number of rotatable bonds is 9. The van der Waals surface area contributed by atoms with Gasteiger partial charge in [-0.2, -0.15) is 0 Å². The number of aryl methyl sites for hydroxylation is 2. The van der Waals surface area contributed by atoms with Crippen LogP contribution in [-0.2, 0) is 54.5 Å². The highest BCUT2D eigenvalue weighted by Gasteiger charge is 2.39. The molecule has 3 aliphatic rings. The number of carbonyl (C=O) groups excluding carboxylic acids is 4. The Morgan fingerprint density at radius 3 is 2.58 bits per heavy atom. The minimum atomic E-state index is -1.13. The summed E-state index contributed by atoms with van der Waals surface area (Å²) in [5, 5.41) is 20.2. The van der Waals surface area contributed by atoms with E-state index in [9.17, 15) is 24.3 Å². The average Bonchev–Trinajstić information content (AvgIpc) is 3.62. The van der Waals surface area contributed by atoms with Crippen molar-refractivity contribution >= 4 is 40.3 Å². The number of aromatic hydroxyl groups is 1. The first-order chi connectivity index (χ1) is 32.1. The van der Waals surface area contributed by atoms with Gasteiger partial charge in [0.1, 0.15) is 29.9 Å². The van der Waals surface area contributed by atoms with E-state index >= 15 is 0 Å². The number of hydrogen-bond acceptors (Lipinski definition) is 10. The molecule has 0 spiro atoms. The number of amides is 3. The fourth-order valence-electron chi connectivity index (χ4n) is 10.3. The summed E-state index contributed by atoms with van der Waals surface area (Å²) in [6.45, 7) is 13.1. The Labute approximate surface area is 393 Å². The van der Waals surface area contributed by atoms with Gasteiger partial charge in [0.05, 0.1) is 24.1 Å². The van der Waals surface area contributed by atoms with Crippen LogP contribution in [0.2, 0.25) is 0 Å². The van der Waals surface area contributed by atoms with Crippen molar-refractivity contribution in [3.05, 3.63) is 101 Å². The molecule has 0 saturated carbocycles. The number of fused-ring (bicyclic) bond motifs is 7. The molecule has 14 heteroatoms. The first-order valence-electron chi connectivity index (χ1n) is 23.7. The second kappa shape index (κ2) is 19.5. The van der Waals surface area contributed by atoms with E-state index < -0.39 is 47.4 Å². The zero-order chi connectivity index (χ0) is 47.7. The van der Waals surface area contributed by atoms with Crippen LogP contribution in [-0.4, -0.2) is 99.7 Å². The van der Waals surface area contributed by atoms with Crippen LogP contribution >= 0.6 is 0 Å². The van der Waals surface area contributed by atoms with Crippen LogP contribution in [0.15, 0.2) is 79.0 Å². The summed E-state index contributed by atoms with van der Waals surface area (Å²) in [6.07, 6.45) is 4.36. The second-order valence-electron chi connectivity index (χ2n) is 19.6. The number of nitrogens with one attached hydrogen (secondary N) is 3. The molecule has 1 saturated heterocycles. The fraction of sp³-hybridized carbons (Fsp3) is 0.453. The van der Waals surface area contributed by atoms with Crippen molar-refractivity contribution in [3.63, 3.8) is 0 Å². The smallest absolute Gasteiger partial charge is 0.324 e. The van der Waals surface area contributed by atoms with Gasteiger partial charge in [-0.15, -0.1) is 0 Å². The summed E-state index contributed by atoms with van der Waals surface area (Å²) < 4.78 is 14.2. The predicted octanol–water partition coefficient (Wildman–Crippen LogP) is 7.36. The first-order valence-corrected chi connectivity index (χ1v) is 23.7. The highest BCUT2D eigenvalue weighted by molar-refractivity contribution is 5.96. The first kappa shape index (κ1) is 47.3. The van der Waals surface area contributed by atoms with Crippen LogP contribution in [0.1, 0.15) is 89.3 Å². The number of pyridine rings is 1. The molecule has 3 aromatic carbocycles. The molecule has 0 radical (unpaired) electrons. The van der Waals surface area contributed by atoms with Gasteiger partial charge in [-0.05, 0) is 122 Å². The lowest BCUT2D eigenvalue weighted by Crippen LogP contribution is -2.62. The van der Waals surface area contributed by atoms with Crippen molar-refractivity contribution in [3.8, 4) is 28.1 Å². The Hall–Kier alpha value is -6.25. The summed E-state index contributed by atoms with van der Waals surface area (Å²) >= 11 is 0. The van der Waals surface area contributed by atoms with E-state index in [0.29, 0.717) is 44.3 Å². The Morgan fingerprint density at radius 1 is 1.03 bits per heavy atom. The molecule has 4 N–H and O–H groups in total. The molecule has 2 aromatic heterocycles. The minimum Gasteiger partial charge on any atom is -0.508 e. The average molecular weight is 912 g/mol. The largest absolute Gasteiger partial charge is 0.508 e. The predicted molar refractivity (Wildman–Crippen MR) is 259 cm³/mol. The topological polar surface area (TPSA) is 167 Å². The van der Waals surface area contributed by atoms with E-state index in [2.05, 4.69) is 59.6 Å². The number of hydrazine groups is 1. The van der Waals surface area contributed by atoms with Crippen LogP contribution in [0.4, 0.5) is 5.69 Å². The number of carbonyl (C=O) groups is 4. The minimum absolute atomic E-state index is 0.00658. The van der Waals surface area contributed by atoms with Crippen molar-refractivity contribution in [1.29, 1.82) is 0 Å². The lowest BCUT2D eigenvalue weighted by molar-refractivity contribution is -0.155.